The minimum Gasteiger partial charge on any atom is -0.466 e. The van der Waals surface area contributed by atoms with E-state index in [-0.39, 0.29) is 35.8 Å². The van der Waals surface area contributed by atoms with Gasteiger partial charge in [-0.2, -0.15) is 0 Å². The fraction of sp³-hybridized carbons (Fsp3) is 0.865. The SMILES string of the molecule is C1CC2C3CCC(C3)C2C1.C1CC2C3CCC(C3)C2C1.C1CC2C3CCC(C3)C2C1.C=CC(=O)OCC.C=CC(=O)OCC.C=CC(=O)OCC.CCCCN(CCC[Si](OC)(OC)OC)CCC(=O)OCC.CCOC(=O)CCN(C)CCC[Si](OC)(OC)OC.CCOC(=O)CCN(CCC[Si](OC)(OC)OC)CCC[Si](OC)(OC)OC. The predicted octanol–water partition coefficient (Wildman–Crippen LogP) is 15.9. The Hall–Kier alpha value is -3.69. The molecule has 0 spiro atoms. The molecule has 27 nitrogen and oxygen atoms in total. The normalized spacial score (nSPS) is 22.7. The van der Waals surface area contributed by atoms with E-state index in [4.69, 9.17) is 67.3 Å². The number of hydrogen-bond acceptors (Lipinski definition) is 27. The number of unbranched alkanes of at least 4 members (excludes halogenated alkanes) is 1. The number of rotatable bonds is 49. The van der Waals surface area contributed by atoms with Gasteiger partial charge in [0.05, 0.1) is 58.9 Å². The highest BCUT2D eigenvalue weighted by Gasteiger charge is 2.51. The van der Waals surface area contributed by atoms with E-state index in [1.54, 1.807) is 222 Å². The summed E-state index contributed by atoms with van der Waals surface area (Å²) in [7, 11) is 11.3. The second-order valence-electron chi connectivity index (χ2n) is 32.2. The van der Waals surface area contributed by atoms with Crippen molar-refractivity contribution >= 4 is 71.0 Å². The van der Waals surface area contributed by atoms with E-state index in [1.165, 1.54) is 71.0 Å². The molecular formula is C89H171N3O24Si4. The van der Waals surface area contributed by atoms with E-state index >= 15 is 0 Å². The summed E-state index contributed by atoms with van der Waals surface area (Å²) in [6.45, 7) is 31.4. The van der Waals surface area contributed by atoms with Crippen molar-refractivity contribution in [3.05, 3.63) is 38.0 Å². The molecule has 0 aliphatic heterocycles. The van der Waals surface area contributed by atoms with Gasteiger partial charge in [0.25, 0.3) is 0 Å². The molecule has 0 heterocycles. The van der Waals surface area contributed by atoms with Crippen LogP contribution >= 0.6 is 0 Å². The van der Waals surface area contributed by atoms with Crippen LogP contribution in [0.15, 0.2) is 38.0 Å². The summed E-state index contributed by atoms with van der Waals surface area (Å²) in [5.74, 6) is 12.9. The van der Waals surface area contributed by atoms with E-state index in [2.05, 4.69) is 55.6 Å². The summed E-state index contributed by atoms with van der Waals surface area (Å²) in [4.78, 5) is 71.3. The number of carbonyl (C=O) groups is 6. The summed E-state index contributed by atoms with van der Waals surface area (Å²) >= 11 is 0. The molecule has 120 heavy (non-hydrogen) atoms. The highest BCUT2D eigenvalue weighted by Crippen LogP contribution is 2.60. The van der Waals surface area contributed by atoms with Crippen LogP contribution < -0.4 is 0 Å². The molecule has 6 bridgehead atoms. The molecule has 9 saturated carbocycles. The van der Waals surface area contributed by atoms with Gasteiger partial charge in [-0.15, -0.1) is 0 Å². The molecule has 0 aromatic heterocycles. The van der Waals surface area contributed by atoms with E-state index in [1.807, 2.05) is 27.8 Å². The molecular weight excluding hydrogens is 1610 g/mol. The van der Waals surface area contributed by atoms with Crippen molar-refractivity contribution in [2.24, 2.45) is 71.0 Å². The van der Waals surface area contributed by atoms with Gasteiger partial charge < -0.3 is 96.2 Å². The fourth-order valence-electron chi connectivity index (χ4n) is 19.7. The van der Waals surface area contributed by atoms with Crippen molar-refractivity contribution < 1.29 is 110 Å². The first-order valence-corrected chi connectivity index (χ1v) is 53.1. The van der Waals surface area contributed by atoms with Crippen LogP contribution in [0.3, 0.4) is 0 Å². The van der Waals surface area contributed by atoms with Gasteiger partial charge in [-0.05, 0) is 281 Å². The van der Waals surface area contributed by atoms with Crippen molar-refractivity contribution in [2.75, 3.05) is 184 Å². The Bertz CT molecular complexity index is 2470. The number of carbonyl (C=O) groups excluding carboxylic acids is 6. The van der Waals surface area contributed by atoms with E-state index < -0.39 is 35.2 Å². The van der Waals surface area contributed by atoms with Crippen LogP contribution in [0.2, 0.25) is 24.2 Å². The lowest BCUT2D eigenvalue weighted by atomic mass is 9.82. The lowest BCUT2D eigenvalue weighted by Gasteiger charge is -2.28. The van der Waals surface area contributed by atoms with Gasteiger partial charge in [-0.25, -0.2) is 14.4 Å². The average molecular weight is 1780 g/mol. The van der Waals surface area contributed by atoms with Crippen LogP contribution in [0.4, 0.5) is 0 Å². The number of fused-ring (bicyclic) bond motifs is 15. The molecule has 9 fully saturated rings. The molecule has 0 N–H and O–H groups in total. The van der Waals surface area contributed by atoms with Crippen LogP contribution in [0.5, 0.6) is 0 Å². The van der Waals surface area contributed by atoms with Gasteiger partial charge in [0, 0.05) is 147 Å². The summed E-state index contributed by atoms with van der Waals surface area (Å²) in [5.41, 5.74) is 0. The van der Waals surface area contributed by atoms with E-state index in [0.717, 1.165) is 108 Å². The maximum Gasteiger partial charge on any atom is 0.500 e. The second-order valence-corrected chi connectivity index (χ2v) is 44.6. The summed E-state index contributed by atoms with van der Waals surface area (Å²) in [6.07, 6.45) is 39.0. The van der Waals surface area contributed by atoms with Crippen LogP contribution in [0, 0.1) is 71.0 Å². The molecule has 31 heteroatoms. The molecule has 9 aliphatic rings. The Morgan fingerprint density at radius 2 is 0.500 bits per heavy atom. The first kappa shape index (κ1) is 114. The number of nitrogens with zero attached hydrogens (tertiary/aromatic N) is 3. The minimum atomic E-state index is -2.59. The Morgan fingerprint density at radius 3 is 0.692 bits per heavy atom. The zero-order valence-corrected chi connectivity index (χ0v) is 82.7. The smallest absolute Gasteiger partial charge is 0.466 e. The maximum absolute atomic E-state index is 11.7. The van der Waals surface area contributed by atoms with Gasteiger partial charge >= 0.3 is 71.0 Å². The van der Waals surface area contributed by atoms with Gasteiger partial charge in [-0.3, -0.25) is 14.4 Å². The highest BCUT2D eigenvalue weighted by molar-refractivity contribution is 6.61. The monoisotopic (exact) mass is 1780 g/mol. The van der Waals surface area contributed by atoms with Crippen molar-refractivity contribution in [3.63, 3.8) is 0 Å². The zero-order valence-electron chi connectivity index (χ0n) is 78.7. The Morgan fingerprint density at radius 1 is 0.292 bits per heavy atom. The molecule has 0 saturated heterocycles. The van der Waals surface area contributed by atoms with Crippen LogP contribution in [-0.4, -0.2) is 270 Å². The van der Waals surface area contributed by atoms with E-state index in [9.17, 15) is 28.8 Å². The topological polar surface area (TPSA) is 278 Å². The maximum atomic E-state index is 11.7. The summed E-state index contributed by atoms with van der Waals surface area (Å²) < 4.78 is 93.4. The Balaban J connectivity index is 0.000000704. The summed E-state index contributed by atoms with van der Waals surface area (Å²) in [5, 5.41) is 0. The molecule has 0 amide bonds. The lowest BCUT2D eigenvalue weighted by Crippen LogP contribution is -2.44. The molecule has 9 rings (SSSR count). The van der Waals surface area contributed by atoms with Crippen LogP contribution in [0.1, 0.15) is 222 Å². The van der Waals surface area contributed by atoms with Crippen molar-refractivity contribution in [2.45, 2.75) is 246 Å². The Kier molecular flexibility index (Phi) is 64.4. The quantitative estimate of drug-likeness (QED) is 0.0237. The molecule has 0 radical (unpaired) electrons. The van der Waals surface area contributed by atoms with Crippen molar-refractivity contribution in [3.8, 4) is 0 Å². The summed E-state index contributed by atoms with van der Waals surface area (Å²) in [6, 6.07) is 2.96. The fourth-order valence-corrected chi connectivity index (χ4v) is 26.5. The molecule has 12 unspecified atom stereocenters. The largest absolute Gasteiger partial charge is 0.500 e. The third-order valence-electron chi connectivity index (χ3n) is 25.7. The molecule has 0 aromatic rings. The second kappa shape index (κ2) is 67.6. The lowest BCUT2D eigenvalue weighted by molar-refractivity contribution is -0.144. The van der Waals surface area contributed by atoms with Crippen molar-refractivity contribution in [1.82, 2.24) is 14.7 Å². The highest BCUT2D eigenvalue weighted by atomic mass is 28.4. The first-order valence-electron chi connectivity index (χ1n) is 45.4. The van der Waals surface area contributed by atoms with Crippen molar-refractivity contribution in [1.29, 1.82) is 0 Å². The Labute approximate surface area is 731 Å². The average Bonchev–Trinajstić information content (AvgIpc) is 1.63. The molecule has 0 aromatic carbocycles. The number of ether oxygens (including phenoxy) is 6. The third kappa shape index (κ3) is 43.2. The molecule has 702 valence electrons. The standard InChI is InChI=1S/C17H39NO8Si2.C15H33NO5Si.C12H27NO5Si.3C10H16.3C5H8O2/c1-8-26-17(19)11-14-18(12-9-15-27(20-2,21-3)22-4)13-10-16-28(23-5,24-6)25-7;1-6-8-11-16(13-10-15(17)21-7-2)12-9-14-22(18-3,19-4)20-5;1-6-18-12(14)8-10-13(2)9-7-11-19(15-3,16-4)17-5;3*1-2-9-7-4-5-8(6-7)10(9)3-1;3*1-3-5(6)7-4-2/h8-16H2,1-7H3;6-14H2,1-5H3;6-11H2,1-5H3;3*7-10H,1-6H2;3*3H,1,4H2,2H3. The molecule has 12 atom stereocenters. The van der Waals surface area contributed by atoms with Gasteiger partial charge in [0.2, 0.25) is 0 Å². The minimum absolute atomic E-state index is 0.126. The van der Waals surface area contributed by atoms with E-state index in [0.29, 0.717) is 84.1 Å². The third-order valence-corrected chi connectivity index (χ3v) is 37.1. The van der Waals surface area contributed by atoms with Gasteiger partial charge in [0.1, 0.15) is 0 Å². The van der Waals surface area contributed by atoms with Crippen LogP contribution in [0.25, 0.3) is 0 Å². The zero-order chi connectivity index (χ0) is 89.8. The van der Waals surface area contributed by atoms with Crippen LogP contribution in [-0.2, 0) is 110 Å². The number of hydrogen-bond donors (Lipinski definition) is 0. The first-order chi connectivity index (χ1) is 57.8. The predicted molar refractivity (Wildman–Crippen MR) is 479 cm³/mol. The van der Waals surface area contributed by atoms with Gasteiger partial charge in [0.15, 0.2) is 0 Å². The van der Waals surface area contributed by atoms with Gasteiger partial charge in [-0.1, -0.05) is 52.3 Å². The number of esters is 6. The molecule has 9 aliphatic carbocycles.